The van der Waals surface area contributed by atoms with Gasteiger partial charge in [-0.1, -0.05) is 48.5 Å². The monoisotopic (exact) mass is 560 g/mol. The predicted octanol–water partition coefficient (Wildman–Crippen LogP) is 7.67. The molecule has 0 aliphatic carbocycles. The highest BCUT2D eigenvalue weighted by Gasteiger charge is 2.78. The van der Waals surface area contributed by atoms with Crippen LogP contribution in [0.1, 0.15) is 22.3 Å². The number of halogens is 12. The molecule has 3 aromatic carbocycles. The Morgan fingerprint density at radius 3 is 0.921 bits per heavy atom. The van der Waals surface area contributed by atoms with Crippen molar-refractivity contribution in [2.24, 2.45) is 0 Å². The lowest BCUT2D eigenvalue weighted by molar-refractivity contribution is -0.298. The maximum absolute atomic E-state index is 14.7. The minimum atomic E-state index is -6.49. The second kappa shape index (κ2) is 9.02. The minimum Gasteiger partial charge on any atom is -0.399 e. The topological polar surface area (TPSA) is 52.0 Å². The van der Waals surface area contributed by atoms with Crippen molar-refractivity contribution < 1.29 is 52.7 Å². The number of alkyl halides is 12. The van der Waals surface area contributed by atoms with E-state index in [9.17, 15) is 52.7 Å². The summed E-state index contributed by atoms with van der Waals surface area (Å²) in [6.45, 7) is 0. The molecule has 0 saturated carbocycles. The number of hydrogen-bond acceptors (Lipinski definition) is 2. The van der Waals surface area contributed by atoms with Gasteiger partial charge in [-0.3, -0.25) is 0 Å². The second-order valence-corrected chi connectivity index (χ2v) is 8.29. The number of rotatable bonds is 4. The molecule has 2 nitrogen and oxygen atoms in total. The zero-order valence-electron chi connectivity index (χ0n) is 18.6. The molecule has 0 atom stereocenters. The van der Waals surface area contributed by atoms with Crippen LogP contribution in [0.3, 0.4) is 0 Å². The molecule has 0 saturated heterocycles. The highest BCUT2D eigenvalue weighted by atomic mass is 19.4. The molecule has 14 heteroatoms. The Morgan fingerprint density at radius 2 is 0.684 bits per heavy atom. The van der Waals surface area contributed by atoms with Gasteiger partial charge in [0, 0.05) is 11.4 Å². The SMILES string of the molecule is Nc1cccc(C(c2ccccc2C(c2cccc(N)c2)(C(F)(F)F)C(F)(F)F)(C(F)(F)F)C(F)(F)F)c1. The predicted molar refractivity (Wildman–Crippen MR) is 114 cm³/mol. The first-order valence-electron chi connectivity index (χ1n) is 10.3. The Labute approximate surface area is 206 Å². The van der Waals surface area contributed by atoms with E-state index in [4.69, 9.17) is 11.5 Å². The molecule has 206 valence electrons. The zero-order valence-corrected chi connectivity index (χ0v) is 18.6. The van der Waals surface area contributed by atoms with Gasteiger partial charge in [0.05, 0.1) is 0 Å². The molecule has 0 amide bonds. The van der Waals surface area contributed by atoms with Crippen molar-refractivity contribution in [2.45, 2.75) is 35.5 Å². The van der Waals surface area contributed by atoms with Crippen LogP contribution in [-0.2, 0) is 10.8 Å². The fourth-order valence-electron chi connectivity index (χ4n) is 4.58. The Kier molecular flexibility index (Phi) is 6.88. The quantitative estimate of drug-likeness (QED) is 0.254. The molecule has 0 unspecified atom stereocenters. The summed E-state index contributed by atoms with van der Waals surface area (Å²) in [6, 6.07) is 4.91. The van der Waals surface area contributed by atoms with Crippen LogP contribution in [0.5, 0.6) is 0 Å². The standard InChI is InChI=1S/C24H16F12N2/c25-21(26,27)19(22(28,29)30,13-5-3-7-15(37)11-13)17-9-1-2-10-18(17)20(23(31,32)33,24(34,35)36)14-6-4-8-16(38)12-14/h1-12H,37-38H2. The molecule has 0 aliphatic heterocycles. The highest BCUT2D eigenvalue weighted by molar-refractivity contribution is 5.58. The Morgan fingerprint density at radius 1 is 0.395 bits per heavy atom. The Hall–Kier alpha value is -3.58. The molecular weight excluding hydrogens is 544 g/mol. The van der Waals surface area contributed by atoms with E-state index >= 15 is 0 Å². The molecule has 38 heavy (non-hydrogen) atoms. The van der Waals surface area contributed by atoms with Crippen molar-refractivity contribution >= 4 is 11.4 Å². The molecule has 0 aromatic heterocycles. The fourth-order valence-corrected chi connectivity index (χ4v) is 4.58. The van der Waals surface area contributed by atoms with Gasteiger partial charge in [0.2, 0.25) is 10.8 Å². The van der Waals surface area contributed by atoms with Crippen LogP contribution in [0.15, 0.2) is 72.8 Å². The first-order chi connectivity index (χ1) is 17.2. The van der Waals surface area contributed by atoms with Crippen molar-refractivity contribution in [1.82, 2.24) is 0 Å². The van der Waals surface area contributed by atoms with Crippen molar-refractivity contribution in [2.75, 3.05) is 11.5 Å². The average Bonchev–Trinajstić information content (AvgIpc) is 2.72. The van der Waals surface area contributed by atoms with E-state index in [0.717, 1.165) is 12.1 Å². The summed E-state index contributed by atoms with van der Waals surface area (Å²) in [4.78, 5) is 0. The largest absolute Gasteiger partial charge is 0.411 e. The van der Waals surface area contributed by atoms with Gasteiger partial charge in [-0.2, -0.15) is 52.7 Å². The maximum atomic E-state index is 14.7. The van der Waals surface area contributed by atoms with Gasteiger partial charge in [0.25, 0.3) is 0 Å². The minimum absolute atomic E-state index is 0.0575. The van der Waals surface area contributed by atoms with Gasteiger partial charge in [-0.25, -0.2) is 0 Å². The lowest BCUT2D eigenvalue weighted by atomic mass is 9.63. The van der Waals surface area contributed by atoms with E-state index in [1.165, 1.54) is 0 Å². The summed E-state index contributed by atoms with van der Waals surface area (Å²) in [5.74, 6) is 0. The Balaban J connectivity index is 2.70. The van der Waals surface area contributed by atoms with Crippen LogP contribution < -0.4 is 11.5 Å². The molecule has 0 radical (unpaired) electrons. The zero-order chi connectivity index (χ0) is 28.9. The summed E-state index contributed by atoms with van der Waals surface area (Å²) in [7, 11) is 0. The van der Waals surface area contributed by atoms with Crippen molar-refractivity contribution in [1.29, 1.82) is 0 Å². The van der Waals surface area contributed by atoms with Gasteiger partial charge in [0.15, 0.2) is 0 Å². The molecule has 0 bridgehead atoms. The van der Waals surface area contributed by atoms with Crippen LogP contribution in [0, 0.1) is 0 Å². The molecule has 0 heterocycles. The first-order valence-corrected chi connectivity index (χ1v) is 10.3. The summed E-state index contributed by atoms with van der Waals surface area (Å²) in [5.41, 5.74) is -9.35. The third-order valence-corrected chi connectivity index (χ3v) is 6.08. The first kappa shape index (κ1) is 29.0. The van der Waals surface area contributed by atoms with Crippen molar-refractivity contribution in [3.8, 4) is 0 Å². The van der Waals surface area contributed by atoms with E-state index in [1.807, 2.05) is 0 Å². The number of anilines is 2. The maximum Gasteiger partial charge on any atom is 0.411 e. The van der Waals surface area contributed by atoms with Crippen LogP contribution in [0.4, 0.5) is 64.1 Å². The molecule has 3 rings (SSSR count). The van der Waals surface area contributed by atoms with Gasteiger partial charge in [-0.05, 0) is 46.5 Å². The summed E-state index contributed by atoms with van der Waals surface area (Å²) < 4.78 is 176. The van der Waals surface area contributed by atoms with Crippen LogP contribution >= 0.6 is 0 Å². The number of benzene rings is 3. The van der Waals surface area contributed by atoms with Crippen molar-refractivity contribution in [3.63, 3.8) is 0 Å². The van der Waals surface area contributed by atoms with Crippen LogP contribution in [0.2, 0.25) is 0 Å². The summed E-state index contributed by atoms with van der Waals surface area (Å²) >= 11 is 0. The molecular formula is C24H16F12N2. The molecule has 4 N–H and O–H groups in total. The molecule has 0 spiro atoms. The highest BCUT2D eigenvalue weighted by Crippen LogP contribution is 2.63. The van der Waals surface area contributed by atoms with Gasteiger partial charge in [-0.15, -0.1) is 0 Å². The summed E-state index contributed by atoms with van der Waals surface area (Å²) in [6.07, 6.45) is -26.0. The number of hydrogen-bond donors (Lipinski definition) is 2. The molecule has 0 fully saturated rings. The van der Waals surface area contributed by atoms with Crippen LogP contribution in [-0.4, -0.2) is 24.7 Å². The third-order valence-electron chi connectivity index (χ3n) is 6.08. The fraction of sp³-hybridized carbons (Fsp3) is 0.250. The van der Waals surface area contributed by atoms with E-state index in [-0.39, 0.29) is 36.4 Å². The van der Waals surface area contributed by atoms with E-state index < -0.39 is 69.2 Å². The van der Waals surface area contributed by atoms with Crippen LogP contribution in [0.25, 0.3) is 0 Å². The van der Waals surface area contributed by atoms with Gasteiger partial charge >= 0.3 is 24.7 Å². The normalized spacial score (nSPS) is 14.0. The Bertz CT molecular complexity index is 1170. The molecule has 0 aliphatic rings. The second-order valence-electron chi connectivity index (χ2n) is 8.29. The third kappa shape index (κ3) is 4.19. The van der Waals surface area contributed by atoms with E-state index in [2.05, 4.69) is 0 Å². The lowest BCUT2D eigenvalue weighted by Gasteiger charge is -2.44. The average molecular weight is 560 g/mol. The van der Waals surface area contributed by atoms with Gasteiger partial charge < -0.3 is 11.5 Å². The summed E-state index contributed by atoms with van der Waals surface area (Å²) in [5, 5.41) is 0. The van der Waals surface area contributed by atoms with Crippen molar-refractivity contribution in [3.05, 3.63) is 95.1 Å². The number of nitrogens with two attached hydrogens (primary N) is 2. The molecule has 3 aromatic rings. The van der Waals surface area contributed by atoms with E-state index in [0.29, 0.717) is 24.3 Å². The van der Waals surface area contributed by atoms with Gasteiger partial charge in [0.1, 0.15) is 0 Å². The smallest absolute Gasteiger partial charge is 0.399 e. The number of nitrogen functional groups attached to an aromatic ring is 2. The van der Waals surface area contributed by atoms with E-state index in [1.54, 1.807) is 0 Å². The lowest BCUT2D eigenvalue weighted by Crippen LogP contribution is -2.59.